The molecule has 0 heterocycles. The Kier molecular flexibility index (Phi) is 5.22. The van der Waals surface area contributed by atoms with Gasteiger partial charge in [0.1, 0.15) is 5.54 Å². The van der Waals surface area contributed by atoms with Gasteiger partial charge in [0.2, 0.25) is 5.91 Å². The number of hydrogen-bond acceptors (Lipinski definition) is 4. The molecule has 1 aliphatic carbocycles. The summed E-state index contributed by atoms with van der Waals surface area (Å²) in [5.41, 5.74) is 4.43. The first kappa shape index (κ1) is 17.4. The lowest BCUT2D eigenvalue weighted by Crippen LogP contribution is -2.77. The van der Waals surface area contributed by atoms with E-state index in [2.05, 4.69) is 5.32 Å². The second kappa shape index (κ2) is 6.00. The number of ether oxygens (including phenoxy) is 1. The van der Waals surface area contributed by atoms with Crippen molar-refractivity contribution in [3.05, 3.63) is 0 Å². The minimum atomic E-state index is -0.933. The summed E-state index contributed by atoms with van der Waals surface area (Å²) in [6.07, 6.45) is 1.89. The summed E-state index contributed by atoms with van der Waals surface area (Å²) in [7, 11) is 0. The van der Waals surface area contributed by atoms with Crippen LogP contribution in [0, 0.1) is 5.41 Å². The molecule has 0 aromatic carbocycles. The number of amides is 1. The van der Waals surface area contributed by atoms with Gasteiger partial charge >= 0.3 is 0 Å². The van der Waals surface area contributed by atoms with Crippen LogP contribution >= 0.6 is 0 Å². The maximum Gasteiger partial charge on any atom is 0.241 e. The summed E-state index contributed by atoms with van der Waals surface area (Å²) in [5.74, 6) is -0.184. The molecule has 0 bridgehead atoms. The van der Waals surface area contributed by atoms with E-state index in [1.807, 2.05) is 34.6 Å². The zero-order valence-corrected chi connectivity index (χ0v) is 13.5. The molecule has 1 aliphatic rings. The smallest absolute Gasteiger partial charge is 0.241 e. The average Bonchev–Trinajstić information content (AvgIpc) is 2.44. The van der Waals surface area contributed by atoms with E-state index >= 15 is 0 Å². The van der Waals surface area contributed by atoms with Crippen molar-refractivity contribution in [2.75, 3.05) is 13.2 Å². The zero-order valence-electron chi connectivity index (χ0n) is 13.5. The molecule has 0 radical (unpaired) electrons. The second-order valence-corrected chi connectivity index (χ2v) is 6.44. The summed E-state index contributed by atoms with van der Waals surface area (Å²) >= 11 is 0. The summed E-state index contributed by atoms with van der Waals surface area (Å²) in [6, 6.07) is 0. The van der Waals surface area contributed by atoms with Crippen molar-refractivity contribution < 1.29 is 14.6 Å². The molecule has 5 nitrogen and oxygen atoms in total. The molecule has 2 atom stereocenters. The highest BCUT2D eigenvalue weighted by atomic mass is 16.5. The molecule has 1 amide bonds. The van der Waals surface area contributed by atoms with Crippen molar-refractivity contribution in [3.63, 3.8) is 0 Å². The first-order valence-corrected chi connectivity index (χ1v) is 7.57. The quantitative estimate of drug-likeness (QED) is 0.656. The lowest BCUT2D eigenvalue weighted by Gasteiger charge is -2.58. The van der Waals surface area contributed by atoms with Crippen LogP contribution in [0.3, 0.4) is 0 Å². The fourth-order valence-corrected chi connectivity index (χ4v) is 2.86. The Balaban J connectivity index is 2.83. The average molecular weight is 286 g/mol. The van der Waals surface area contributed by atoms with E-state index in [4.69, 9.17) is 10.5 Å². The number of nitrogens with one attached hydrogen (secondary N) is 1. The van der Waals surface area contributed by atoms with Gasteiger partial charge in [-0.2, -0.15) is 0 Å². The van der Waals surface area contributed by atoms with Gasteiger partial charge in [-0.25, -0.2) is 0 Å². The lowest BCUT2D eigenvalue weighted by molar-refractivity contribution is -0.172. The van der Waals surface area contributed by atoms with Gasteiger partial charge in [-0.05, 0) is 19.8 Å². The highest BCUT2D eigenvalue weighted by Crippen LogP contribution is 2.50. The van der Waals surface area contributed by atoms with Gasteiger partial charge < -0.3 is 20.9 Å². The number of carbonyl (C=O) groups is 1. The molecular weight excluding hydrogens is 256 g/mol. The van der Waals surface area contributed by atoms with Gasteiger partial charge in [-0.3, -0.25) is 4.79 Å². The Labute approximate surface area is 122 Å². The fraction of sp³-hybridized carbons (Fsp3) is 0.933. The number of aliphatic hydroxyl groups excluding tert-OH is 1. The van der Waals surface area contributed by atoms with Crippen LogP contribution in [-0.4, -0.2) is 41.4 Å². The third kappa shape index (κ3) is 2.59. The van der Waals surface area contributed by atoms with Crippen molar-refractivity contribution in [1.29, 1.82) is 0 Å². The monoisotopic (exact) mass is 286 g/mol. The van der Waals surface area contributed by atoms with Crippen molar-refractivity contribution in [1.82, 2.24) is 5.32 Å². The molecule has 0 aromatic heterocycles. The third-order valence-electron chi connectivity index (χ3n) is 5.27. The molecule has 1 saturated carbocycles. The normalized spacial score (nSPS) is 28.9. The van der Waals surface area contributed by atoms with Crippen LogP contribution in [0.5, 0.6) is 0 Å². The summed E-state index contributed by atoms with van der Waals surface area (Å²) in [5, 5.41) is 12.5. The largest absolute Gasteiger partial charge is 0.394 e. The molecule has 2 unspecified atom stereocenters. The zero-order chi connectivity index (χ0) is 15.6. The van der Waals surface area contributed by atoms with Crippen LogP contribution in [0.1, 0.15) is 53.9 Å². The maximum atomic E-state index is 12.6. The summed E-state index contributed by atoms with van der Waals surface area (Å²) in [4.78, 5) is 12.6. The number of aliphatic hydroxyl groups is 1. The number of nitrogens with two attached hydrogens (primary N) is 1. The Hall–Kier alpha value is -0.650. The van der Waals surface area contributed by atoms with Crippen molar-refractivity contribution in [2.24, 2.45) is 11.1 Å². The predicted octanol–water partition coefficient (Wildman–Crippen LogP) is 1.19. The van der Waals surface area contributed by atoms with E-state index in [0.717, 1.165) is 0 Å². The van der Waals surface area contributed by atoms with E-state index in [1.54, 1.807) is 0 Å². The minimum Gasteiger partial charge on any atom is -0.394 e. The molecule has 0 aromatic rings. The lowest BCUT2D eigenvalue weighted by atomic mass is 9.54. The molecule has 4 N–H and O–H groups in total. The molecule has 0 saturated heterocycles. The molecular formula is C15H30N2O3. The summed E-state index contributed by atoms with van der Waals surface area (Å²) in [6.45, 7) is 10.3. The molecule has 0 aliphatic heterocycles. The van der Waals surface area contributed by atoms with E-state index in [-0.39, 0.29) is 18.6 Å². The molecule has 20 heavy (non-hydrogen) atoms. The number of carbonyl (C=O) groups excluding carboxylic acids is 1. The predicted molar refractivity (Wildman–Crippen MR) is 79.3 cm³/mol. The van der Waals surface area contributed by atoms with Gasteiger partial charge in [-0.1, -0.05) is 27.7 Å². The SMILES string of the molecule is CCOC1CC(N)(C(=O)NC(CC)(CC)CO)C1(C)C. The fourth-order valence-electron chi connectivity index (χ4n) is 2.86. The second-order valence-electron chi connectivity index (χ2n) is 6.44. The van der Waals surface area contributed by atoms with Crippen LogP contribution in [0.15, 0.2) is 0 Å². The highest BCUT2D eigenvalue weighted by Gasteiger charge is 2.63. The molecule has 5 heteroatoms. The standard InChI is InChI=1S/C15H30N2O3/c1-6-14(7-2,10-18)17-12(19)15(16)9-11(20-8-3)13(15,4)5/h11,18H,6-10,16H2,1-5H3,(H,17,19). The van der Waals surface area contributed by atoms with Gasteiger partial charge in [-0.15, -0.1) is 0 Å². The maximum absolute atomic E-state index is 12.6. The minimum absolute atomic E-state index is 0.00929. The topological polar surface area (TPSA) is 84.6 Å². The van der Waals surface area contributed by atoms with E-state index in [1.165, 1.54) is 0 Å². The summed E-state index contributed by atoms with van der Waals surface area (Å²) < 4.78 is 5.64. The molecule has 1 rings (SSSR count). The van der Waals surface area contributed by atoms with Gasteiger partial charge in [0, 0.05) is 18.4 Å². The molecule has 0 spiro atoms. The van der Waals surface area contributed by atoms with Gasteiger partial charge in [0.15, 0.2) is 0 Å². The van der Waals surface area contributed by atoms with Crippen molar-refractivity contribution in [2.45, 2.75) is 71.1 Å². The Bertz CT molecular complexity index is 345. The van der Waals surface area contributed by atoms with Crippen LogP contribution in [0.25, 0.3) is 0 Å². The van der Waals surface area contributed by atoms with E-state index in [0.29, 0.717) is 25.9 Å². The first-order valence-electron chi connectivity index (χ1n) is 7.57. The van der Waals surface area contributed by atoms with Crippen LogP contribution < -0.4 is 11.1 Å². The van der Waals surface area contributed by atoms with E-state index in [9.17, 15) is 9.90 Å². The van der Waals surface area contributed by atoms with Gasteiger partial charge in [0.05, 0.1) is 18.2 Å². The van der Waals surface area contributed by atoms with Crippen molar-refractivity contribution in [3.8, 4) is 0 Å². The highest BCUT2D eigenvalue weighted by molar-refractivity contribution is 5.89. The Morgan fingerprint density at radius 1 is 1.40 bits per heavy atom. The van der Waals surface area contributed by atoms with Crippen LogP contribution in [0.4, 0.5) is 0 Å². The van der Waals surface area contributed by atoms with Crippen LogP contribution in [-0.2, 0) is 9.53 Å². The Morgan fingerprint density at radius 2 is 1.95 bits per heavy atom. The van der Waals surface area contributed by atoms with Crippen LogP contribution in [0.2, 0.25) is 0 Å². The Morgan fingerprint density at radius 3 is 2.30 bits per heavy atom. The van der Waals surface area contributed by atoms with Gasteiger partial charge in [0.25, 0.3) is 0 Å². The molecule has 1 fully saturated rings. The van der Waals surface area contributed by atoms with Crippen molar-refractivity contribution >= 4 is 5.91 Å². The molecule has 118 valence electrons. The van der Waals surface area contributed by atoms with E-state index < -0.39 is 16.5 Å². The number of rotatable bonds is 7. The number of hydrogen-bond donors (Lipinski definition) is 3. The first-order chi connectivity index (χ1) is 9.23. The third-order valence-corrected chi connectivity index (χ3v) is 5.27.